The van der Waals surface area contributed by atoms with Gasteiger partial charge in [-0.2, -0.15) is 0 Å². The summed E-state index contributed by atoms with van der Waals surface area (Å²) in [4.78, 5) is 39.3. The highest BCUT2D eigenvalue weighted by atomic mass is 16.3. The van der Waals surface area contributed by atoms with Crippen molar-refractivity contribution in [2.75, 3.05) is 0 Å². The maximum Gasteiger partial charge on any atom is 0.325 e. The summed E-state index contributed by atoms with van der Waals surface area (Å²) in [6.45, 7) is 8.30. The first-order chi connectivity index (χ1) is 9.44. The molecule has 1 amide bonds. The molecule has 0 saturated heterocycles. The summed E-state index contributed by atoms with van der Waals surface area (Å²) in [6.07, 6.45) is 0.307. The molecule has 4 N–H and O–H groups in total. The van der Waals surface area contributed by atoms with Gasteiger partial charge in [0.25, 0.3) is 5.56 Å². The molecule has 0 bridgehead atoms. The highest BCUT2D eigenvalue weighted by molar-refractivity contribution is 5.77. The fourth-order valence-electron chi connectivity index (χ4n) is 1.73. The van der Waals surface area contributed by atoms with Gasteiger partial charge in [0.2, 0.25) is 5.91 Å². The first-order valence-electron chi connectivity index (χ1n) is 6.79. The lowest BCUT2D eigenvalue weighted by Gasteiger charge is -2.38. The molecule has 0 radical (unpaired) electrons. The highest BCUT2D eigenvalue weighted by Crippen LogP contribution is 2.20. The maximum absolute atomic E-state index is 12.0. The van der Waals surface area contributed by atoms with Crippen molar-refractivity contribution in [1.29, 1.82) is 0 Å². The second-order valence-corrected chi connectivity index (χ2v) is 6.24. The Balaban J connectivity index is 2.75. The van der Waals surface area contributed by atoms with E-state index >= 15 is 0 Å². The van der Waals surface area contributed by atoms with Crippen LogP contribution in [0.25, 0.3) is 0 Å². The van der Waals surface area contributed by atoms with Gasteiger partial charge in [-0.15, -0.1) is 0 Å². The molecule has 0 atom stereocenters. The molecule has 118 valence electrons. The molecule has 0 spiro atoms. The van der Waals surface area contributed by atoms with Crippen molar-refractivity contribution in [2.45, 2.75) is 58.6 Å². The number of hydrogen-bond acceptors (Lipinski definition) is 4. The Bertz CT molecular complexity index is 635. The van der Waals surface area contributed by atoms with Gasteiger partial charge in [0.15, 0.2) is 0 Å². The molecule has 0 aliphatic heterocycles. The minimum absolute atomic E-state index is 0.0927. The zero-order valence-corrected chi connectivity index (χ0v) is 13.1. The van der Waals surface area contributed by atoms with Crippen LogP contribution >= 0.6 is 0 Å². The number of H-pyrrole nitrogens is 2. The van der Waals surface area contributed by atoms with Crippen LogP contribution in [0, 0.1) is 6.92 Å². The highest BCUT2D eigenvalue weighted by Gasteiger charge is 2.36. The normalized spacial score (nSPS) is 12.3. The van der Waals surface area contributed by atoms with Gasteiger partial charge < -0.3 is 15.4 Å². The predicted molar refractivity (Wildman–Crippen MR) is 79.3 cm³/mol. The Morgan fingerprint density at radius 1 is 1.19 bits per heavy atom. The van der Waals surface area contributed by atoms with Crippen LogP contribution in [-0.4, -0.2) is 32.1 Å². The quantitative estimate of drug-likeness (QED) is 0.611. The van der Waals surface area contributed by atoms with Crippen molar-refractivity contribution in [1.82, 2.24) is 15.3 Å². The number of carbonyl (C=O) groups excluding carboxylic acids is 1. The van der Waals surface area contributed by atoms with Gasteiger partial charge in [0, 0.05) is 17.7 Å². The third-order valence-corrected chi connectivity index (χ3v) is 3.84. The minimum Gasteiger partial charge on any atom is -0.388 e. The molecule has 0 fully saturated rings. The largest absolute Gasteiger partial charge is 0.388 e. The van der Waals surface area contributed by atoms with Gasteiger partial charge in [0.1, 0.15) is 0 Å². The second kappa shape index (κ2) is 5.85. The number of amides is 1. The summed E-state index contributed by atoms with van der Waals surface area (Å²) in [5.74, 6) is -0.271. The van der Waals surface area contributed by atoms with Gasteiger partial charge in [-0.05, 0) is 41.0 Å². The van der Waals surface area contributed by atoms with Crippen LogP contribution in [0.4, 0.5) is 0 Å². The Hall–Kier alpha value is -1.89. The van der Waals surface area contributed by atoms with Gasteiger partial charge >= 0.3 is 5.69 Å². The summed E-state index contributed by atoms with van der Waals surface area (Å²) in [7, 11) is 0. The van der Waals surface area contributed by atoms with E-state index in [2.05, 4.69) is 15.3 Å². The molecular formula is C14H23N3O4. The van der Waals surface area contributed by atoms with E-state index in [1.165, 1.54) is 0 Å². The van der Waals surface area contributed by atoms with E-state index < -0.39 is 22.4 Å². The molecule has 0 aliphatic carbocycles. The molecule has 1 heterocycles. The van der Waals surface area contributed by atoms with E-state index in [1.54, 1.807) is 34.6 Å². The van der Waals surface area contributed by atoms with Crippen LogP contribution in [0.15, 0.2) is 9.59 Å². The first-order valence-corrected chi connectivity index (χ1v) is 6.79. The smallest absolute Gasteiger partial charge is 0.325 e. The van der Waals surface area contributed by atoms with E-state index in [0.29, 0.717) is 11.3 Å². The molecule has 7 heteroatoms. The van der Waals surface area contributed by atoms with Gasteiger partial charge in [-0.3, -0.25) is 14.6 Å². The van der Waals surface area contributed by atoms with Crippen molar-refractivity contribution in [3.05, 3.63) is 32.1 Å². The summed E-state index contributed by atoms with van der Waals surface area (Å²) in [6, 6.07) is 0. The number of rotatable bonds is 5. The molecule has 1 aromatic rings. The van der Waals surface area contributed by atoms with E-state index in [-0.39, 0.29) is 18.7 Å². The lowest BCUT2D eigenvalue weighted by atomic mass is 9.86. The fourth-order valence-corrected chi connectivity index (χ4v) is 1.73. The van der Waals surface area contributed by atoms with Crippen molar-refractivity contribution in [3.8, 4) is 0 Å². The molecule has 7 nitrogen and oxygen atoms in total. The summed E-state index contributed by atoms with van der Waals surface area (Å²) in [5, 5.41) is 12.7. The van der Waals surface area contributed by atoms with E-state index in [1.807, 2.05) is 0 Å². The predicted octanol–water partition coefficient (Wildman–Crippen LogP) is -0.0301. The van der Waals surface area contributed by atoms with Crippen molar-refractivity contribution in [3.63, 3.8) is 0 Å². The van der Waals surface area contributed by atoms with Crippen LogP contribution in [0.3, 0.4) is 0 Å². The Kier molecular flexibility index (Phi) is 4.78. The number of aliphatic hydroxyl groups is 1. The number of nitrogens with one attached hydrogen (secondary N) is 3. The van der Waals surface area contributed by atoms with Crippen molar-refractivity contribution in [2.24, 2.45) is 0 Å². The summed E-state index contributed by atoms with van der Waals surface area (Å²) >= 11 is 0. The first kappa shape index (κ1) is 17.2. The van der Waals surface area contributed by atoms with Crippen LogP contribution in [0.1, 0.15) is 45.4 Å². The van der Waals surface area contributed by atoms with Gasteiger partial charge in [-0.1, -0.05) is 0 Å². The van der Waals surface area contributed by atoms with Crippen LogP contribution < -0.4 is 16.6 Å². The lowest BCUT2D eigenvalue weighted by Crippen LogP contribution is -2.57. The second-order valence-electron chi connectivity index (χ2n) is 6.24. The molecular weight excluding hydrogens is 274 g/mol. The van der Waals surface area contributed by atoms with E-state index in [4.69, 9.17) is 0 Å². The Labute approximate surface area is 122 Å². The number of aryl methyl sites for hydroxylation is 1. The average molecular weight is 297 g/mol. The molecule has 1 aromatic heterocycles. The zero-order chi connectivity index (χ0) is 16.4. The van der Waals surface area contributed by atoms with Gasteiger partial charge in [0.05, 0.1) is 11.1 Å². The average Bonchev–Trinajstić information content (AvgIpc) is 2.24. The number of hydrogen-bond donors (Lipinski definition) is 4. The monoisotopic (exact) mass is 297 g/mol. The Morgan fingerprint density at radius 3 is 2.24 bits per heavy atom. The van der Waals surface area contributed by atoms with Crippen molar-refractivity contribution < 1.29 is 9.90 Å². The number of aromatic amines is 2. The van der Waals surface area contributed by atoms with Crippen LogP contribution in [0.2, 0.25) is 0 Å². The van der Waals surface area contributed by atoms with Crippen molar-refractivity contribution >= 4 is 5.91 Å². The van der Waals surface area contributed by atoms with Crippen LogP contribution in [0.5, 0.6) is 0 Å². The number of carbonyl (C=O) groups is 1. The van der Waals surface area contributed by atoms with E-state index in [0.717, 1.165) is 0 Å². The standard InChI is InChI=1S/C14H23N3O4/c1-8-9(11(19)16-12(20)15-8)6-7-10(18)17-13(2,3)14(4,5)21/h21H,6-7H2,1-5H3,(H,17,18)(H2,15,16,19,20). The zero-order valence-electron chi connectivity index (χ0n) is 13.1. The lowest BCUT2D eigenvalue weighted by molar-refractivity contribution is -0.126. The Morgan fingerprint density at radius 2 is 1.76 bits per heavy atom. The summed E-state index contributed by atoms with van der Waals surface area (Å²) in [5.41, 5.74) is -2.08. The SMILES string of the molecule is Cc1[nH]c(=O)[nH]c(=O)c1CCC(=O)NC(C)(C)C(C)(C)O. The van der Waals surface area contributed by atoms with Crippen LogP contribution in [-0.2, 0) is 11.2 Å². The van der Waals surface area contributed by atoms with Gasteiger partial charge in [-0.25, -0.2) is 4.79 Å². The third-order valence-electron chi connectivity index (χ3n) is 3.84. The molecule has 21 heavy (non-hydrogen) atoms. The minimum atomic E-state index is -1.08. The number of aromatic nitrogens is 2. The topological polar surface area (TPSA) is 115 Å². The van der Waals surface area contributed by atoms with E-state index in [9.17, 15) is 19.5 Å². The fraction of sp³-hybridized carbons (Fsp3) is 0.643. The molecule has 0 unspecified atom stereocenters. The maximum atomic E-state index is 12.0. The molecule has 1 rings (SSSR count). The molecule has 0 saturated carbocycles. The third kappa shape index (κ3) is 4.29. The molecule has 0 aromatic carbocycles. The molecule has 0 aliphatic rings. The summed E-state index contributed by atoms with van der Waals surface area (Å²) < 4.78 is 0.